The van der Waals surface area contributed by atoms with Gasteiger partial charge in [0.1, 0.15) is 5.75 Å². The van der Waals surface area contributed by atoms with Crippen LogP contribution >= 0.6 is 11.8 Å². The number of ether oxygens (including phenoxy) is 1. The molecule has 160 valence electrons. The van der Waals surface area contributed by atoms with Crippen molar-refractivity contribution in [2.24, 2.45) is 0 Å². The number of nitrogens with zero attached hydrogens (tertiary/aromatic N) is 4. The van der Waals surface area contributed by atoms with Gasteiger partial charge in [0.2, 0.25) is 5.91 Å². The molecule has 0 spiro atoms. The Kier molecular flexibility index (Phi) is 6.51. The lowest BCUT2D eigenvalue weighted by Gasteiger charge is -2.14. The van der Waals surface area contributed by atoms with Crippen LogP contribution in [0.25, 0.3) is 11.4 Å². The summed E-state index contributed by atoms with van der Waals surface area (Å²) in [5.41, 5.74) is 2.03. The third-order valence-electron chi connectivity index (χ3n) is 5.01. The standard InChI is InChI=1S/C22H23N5O3S/c1-30-18-10-6-5-9-17(18)20-24-25-22(27(20)13-11-16-7-3-2-4-8-16)31-15-19(28)26-14-12-23-21(26)29/h2-10H,11-15H2,1H3,(H,23,29). The lowest BCUT2D eigenvalue weighted by molar-refractivity contribution is -0.124. The van der Waals surface area contributed by atoms with Crippen LogP contribution in [0.1, 0.15) is 5.56 Å². The minimum absolute atomic E-state index is 0.114. The molecule has 1 fully saturated rings. The Balaban J connectivity index is 1.59. The van der Waals surface area contributed by atoms with Gasteiger partial charge >= 0.3 is 6.03 Å². The summed E-state index contributed by atoms with van der Waals surface area (Å²) in [6, 6.07) is 17.5. The molecule has 1 aliphatic rings. The molecule has 9 heteroatoms. The van der Waals surface area contributed by atoms with Crippen molar-refractivity contribution in [1.82, 2.24) is 25.0 Å². The first-order chi connectivity index (χ1) is 15.2. The maximum atomic E-state index is 12.5. The number of carbonyl (C=O) groups is 2. The normalized spacial score (nSPS) is 13.3. The molecule has 1 aliphatic heterocycles. The van der Waals surface area contributed by atoms with Crippen LogP contribution in [0.5, 0.6) is 5.75 Å². The number of benzene rings is 2. The van der Waals surface area contributed by atoms with Gasteiger partial charge in [-0.25, -0.2) is 4.79 Å². The van der Waals surface area contributed by atoms with Crippen molar-refractivity contribution >= 4 is 23.7 Å². The van der Waals surface area contributed by atoms with E-state index in [1.165, 1.54) is 22.2 Å². The van der Waals surface area contributed by atoms with Gasteiger partial charge in [-0.15, -0.1) is 10.2 Å². The molecule has 2 heterocycles. The number of aryl methyl sites for hydroxylation is 1. The van der Waals surface area contributed by atoms with Gasteiger partial charge in [0, 0.05) is 19.6 Å². The molecule has 1 N–H and O–H groups in total. The van der Waals surface area contributed by atoms with Crippen molar-refractivity contribution in [3.05, 3.63) is 60.2 Å². The molecule has 0 unspecified atom stereocenters. The first-order valence-corrected chi connectivity index (χ1v) is 11.0. The third-order valence-corrected chi connectivity index (χ3v) is 5.97. The molecule has 1 aromatic heterocycles. The van der Waals surface area contributed by atoms with E-state index in [0.717, 1.165) is 12.0 Å². The predicted molar refractivity (Wildman–Crippen MR) is 118 cm³/mol. The minimum atomic E-state index is -0.342. The summed E-state index contributed by atoms with van der Waals surface area (Å²) < 4.78 is 7.52. The Hall–Kier alpha value is -3.33. The van der Waals surface area contributed by atoms with Gasteiger partial charge in [-0.05, 0) is 24.1 Å². The first-order valence-electron chi connectivity index (χ1n) is 9.99. The van der Waals surface area contributed by atoms with Gasteiger partial charge in [-0.3, -0.25) is 9.69 Å². The Morgan fingerprint density at radius 2 is 1.90 bits per heavy atom. The summed E-state index contributed by atoms with van der Waals surface area (Å²) in [5.74, 6) is 1.26. The monoisotopic (exact) mass is 437 g/mol. The topological polar surface area (TPSA) is 89.4 Å². The van der Waals surface area contributed by atoms with Crippen molar-refractivity contribution in [1.29, 1.82) is 0 Å². The molecule has 4 rings (SSSR count). The number of nitrogens with one attached hydrogen (secondary N) is 1. The molecule has 2 aromatic carbocycles. The second-order valence-corrected chi connectivity index (χ2v) is 7.90. The van der Waals surface area contributed by atoms with Crippen molar-refractivity contribution in [2.45, 2.75) is 18.1 Å². The number of aromatic nitrogens is 3. The number of thioether (sulfide) groups is 1. The van der Waals surface area contributed by atoms with Crippen LogP contribution in [0.2, 0.25) is 0 Å². The van der Waals surface area contributed by atoms with Crippen molar-refractivity contribution < 1.29 is 14.3 Å². The van der Waals surface area contributed by atoms with Crippen LogP contribution in [-0.4, -0.2) is 57.6 Å². The number of imide groups is 1. The van der Waals surface area contributed by atoms with Crippen LogP contribution in [0.3, 0.4) is 0 Å². The lowest BCUT2D eigenvalue weighted by Crippen LogP contribution is -2.35. The molecule has 0 aliphatic carbocycles. The van der Waals surface area contributed by atoms with Crippen LogP contribution in [0.4, 0.5) is 4.79 Å². The van der Waals surface area contributed by atoms with Crippen molar-refractivity contribution in [3.63, 3.8) is 0 Å². The summed E-state index contributed by atoms with van der Waals surface area (Å²) in [4.78, 5) is 25.4. The minimum Gasteiger partial charge on any atom is -0.496 e. The van der Waals surface area contributed by atoms with Gasteiger partial charge in [-0.1, -0.05) is 54.2 Å². The molecule has 0 bridgehead atoms. The average Bonchev–Trinajstić information content (AvgIpc) is 3.42. The van der Waals surface area contributed by atoms with Crippen molar-refractivity contribution in [2.75, 3.05) is 26.0 Å². The fourth-order valence-corrected chi connectivity index (χ4v) is 4.27. The SMILES string of the molecule is COc1ccccc1-c1nnc(SCC(=O)N2CCNC2=O)n1CCc1ccccc1. The highest BCUT2D eigenvalue weighted by atomic mass is 32.2. The number of para-hydroxylation sites is 1. The second kappa shape index (κ2) is 9.65. The van der Waals surface area contributed by atoms with E-state index < -0.39 is 0 Å². The molecule has 3 aromatic rings. The highest BCUT2D eigenvalue weighted by Crippen LogP contribution is 2.31. The zero-order valence-corrected chi connectivity index (χ0v) is 18.0. The molecule has 3 amide bonds. The number of rotatable bonds is 8. The fourth-order valence-electron chi connectivity index (χ4n) is 3.43. The van der Waals surface area contributed by atoms with E-state index in [9.17, 15) is 9.59 Å². The maximum Gasteiger partial charge on any atom is 0.324 e. The summed E-state index contributed by atoms with van der Waals surface area (Å²) in [6.45, 7) is 1.52. The number of carbonyl (C=O) groups excluding carboxylic acids is 2. The number of methoxy groups -OCH3 is 1. The van der Waals surface area contributed by atoms with E-state index in [-0.39, 0.29) is 17.7 Å². The van der Waals surface area contributed by atoms with Crippen LogP contribution in [-0.2, 0) is 17.8 Å². The first kappa shape index (κ1) is 20.9. The number of hydrogen-bond donors (Lipinski definition) is 1. The summed E-state index contributed by atoms with van der Waals surface area (Å²) in [6.07, 6.45) is 0.789. The van der Waals surface area contributed by atoms with E-state index in [4.69, 9.17) is 4.74 Å². The van der Waals surface area contributed by atoms with E-state index >= 15 is 0 Å². The maximum absolute atomic E-state index is 12.5. The molecular formula is C22H23N5O3S. The highest BCUT2D eigenvalue weighted by Gasteiger charge is 2.27. The summed E-state index contributed by atoms with van der Waals surface area (Å²) in [5, 5.41) is 12.0. The molecule has 0 atom stereocenters. The average molecular weight is 438 g/mol. The van der Waals surface area contributed by atoms with E-state index in [1.54, 1.807) is 7.11 Å². The van der Waals surface area contributed by atoms with E-state index in [2.05, 4.69) is 27.6 Å². The van der Waals surface area contributed by atoms with Gasteiger partial charge in [0.05, 0.1) is 18.4 Å². The zero-order valence-electron chi connectivity index (χ0n) is 17.2. The van der Waals surface area contributed by atoms with Crippen LogP contribution in [0.15, 0.2) is 59.8 Å². The van der Waals surface area contributed by atoms with Crippen LogP contribution < -0.4 is 10.1 Å². The van der Waals surface area contributed by atoms with Gasteiger partial charge in [-0.2, -0.15) is 0 Å². The summed E-state index contributed by atoms with van der Waals surface area (Å²) in [7, 11) is 1.62. The van der Waals surface area contributed by atoms with Crippen LogP contribution in [0, 0.1) is 0 Å². The number of amides is 3. The van der Waals surface area contributed by atoms with E-state index in [0.29, 0.717) is 36.4 Å². The lowest BCUT2D eigenvalue weighted by atomic mass is 10.1. The number of urea groups is 1. The smallest absolute Gasteiger partial charge is 0.324 e. The Labute approximate surface area is 184 Å². The van der Waals surface area contributed by atoms with Gasteiger partial charge < -0.3 is 14.6 Å². The van der Waals surface area contributed by atoms with E-state index in [1.807, 2.05) is 47.0 Å². The Morgan fingerprint density at radius 1 is 1.13 bits per heavy atom. The zero-order chi connectivity index (χ0) is 21.6. The third kappa shape index (κ3) is 4.72. The number of hydrogen-bond acceptors (Lipinski definition) is 6. The quantitative estimate of drug-likeness (QED) is 0.545. The fraction of sp³-hybridized carbons (Fsp3) is 0.273. The molecule has 0 saturated carbocycles. The largest absolute Gasteiger partial charge is 0.496 e. The predicted octanol–water partition coefficient (Wildman–Crippen LogP) is 2.84. The summed E-state index contributed by atoms with van der Waals surface area (Å²) >= 11 is 1.29. The molecule has 8 nitrogen and oxygen atoms in total. The van der Waals surface area contributed by atoms with Gasteiger partial charge in [0.15, 0.2) is 11.0 Å². The molecule has 1 saturated heterocycles. The molecule has 0 radical (unpaired) electrons. The molecule has 31 heavy (non-hydrogen) atoms. The highest BCUT2D eigenvalue weighted by molar-refractivity contribution is 7.99. The second-order valence-electron chi connectivity index (χ2n) is 6.96. The Bertz CT molecular complexity index is 1070. The Morgan fingerprint density at radius 3 is 2.65 bits per heavy atom. The van der Waals surface area contributed by atoms with Crippen molar-refractivity contribution in [3.8, 4) is 17.1 Å². The molecular weight excluding hydrogens is 414 g/mol. The van der Waals surface area contributed by atoms with Gasteiger partial charge in [0.25, 0.3) is 0 Å².